The van der Waals surface area contributed by atoms with Gasteiger partial charge < -0.3 is 4.42 Å². The number of nitrogens with zero attached hydrogens (tertiary/aromatic N) is 1. The van der Waals surface area contributed by atoms with Crippen LogP contribution < -0.4 is 0 Å². The molecular weight excluding hydrogens is 219 g/mol. The van der Waals surface area contributed by atoms with Gasteiger partial charge in [0, 0.05) is 5.56 Å². The molecule has 74 valence electrons. The van der Waals surface area contributed by atoms with Gasteiger partial charge in [0.2, 0.25) is 5.82 Å². The Balaban J connectivity index is 3.01. The van der Waals surface area contributed by atoms with E-state index in [1.165, 1.54) is 0 Å². The molecule has 0 spiro atoms. The van der Waals surface area contributed by atoms with Crippen molar-refractivity contribution in [3.8, 4) is 0 Å². The lowest BCUT2D eigenvalue weighted by molar-refractivity contribution is 0.476. The standard InChI is InChI=1S/C8H3ClF3NO/c1-2-3(10)5(12)7-6(4(2)11)13-8(9)14-7/h1H3. The fraction of sp³-hybridized carbons (Fsp3) is 0.125. The third kappa shape index (κ3) is 1.09. The average molecular weight is 222 g/mol. The van der Waals surface area contributed by atoms with E-state index < -0.39 is 39.5 Å². The topological polar surface area (TPSA) is 26.0 Å². The molecule has 1 aromatic heterocycles. The van der Waals surface area contributed by atoms with Gasteiger partial charge in [-0.05, 0) is 18.5 Å². The lowest BCUT2D eigenvalue weighted by Crippen LogP contribution is -1.95. The molecule has 2 rings (SSSR count). The Morgan fingerprint density at radius 1 is 1.14 bits per heavy atom. The van der Waals surface area contributed by atoms with Gasteiger partial charge in [-0.2, -0.15) is 9.37 Å². The van der Waals surface area contributed by atoms with Crippen LogP contribution in [0.2, 0.25) is 5.35 Å². The molecular formula is C8H3ClF3NO. The zero-order valence-electron chi connectivity index (χ0n) is 6.87. The van der Waals surface area contributed by atoms with Crippen LogP contribution >= 0.6 is 11.6 Å². The summed E-state index contributed by atoms with van der Waals surface area (Å²) >= 11 is 5.30. The second-order valence-electron chi connectivity index (χ2n) is 2.71. The maximum absolute atomic E-state index is 13.3. The van der Waals surface area contributed by atoms with Crippen LogP contribution in [-0.4, -0.2) is 4.98 Å². The average Bonchev–Trinajstić information content (AvgIpc) is 2.54. The molecule has 0 N–H and O–H groups in total. The van der Waals surface area contributed by atoms with Gasteiger partial charge in [0.15, 0.2) is 17.2 Å². The molecule has 0 amide bonds. The maximum Gasteiger partial charge on any atom is 0.293 e. The second-order valence-corrected chi connectivity index (χ2v) is 3.03. The smallest absolute Gasteiger partial charge is 0.293 e. The zero-order chi connectivity index (χ0) is 10.5. The Morgan fingerprint density at radius 3 is 2.43 bits per heavy atom. The number of hydrogen-bond donors (Lipinski definition) is 0. The van der Waals surface area contributed by atoms with Crippen molar-refractivity contribution in [3.63, 3.8) is 0 Å². The van der Waals surface area contributed by atoms with Crippen molar-refractivity contribution in [1.29, 1.82) is 0 Å². The first kappa shape index (κ1) is 9.33. The van der Waals surface area contributed by atoms with E-state index in [0.717, 1.165) is 6.92 Å². The second kappa shape index (κ2) is 2.88. The van der Waals surface area contributed by atoms with Crippen molar-refractivity contribution in [1.82, 2.24) is 4.98 Å². The molecule has 0 atom stereocenters. The number of fused-ring (bicyclic) bond motifs is 1. The Kier molecular flexibility index (Phi) is 1.92. The lowest BCUT2D eigenvalue weighted by Gasteiger charge is -1.99. The molecule has 2 nitrogen and oxygen atoms in total. The van der Waals surface area contributed by atoms with E-state index >= 15 is 0 Å². The van der Waals surface area contributed by atoms with Gasteiger partial charge in [0.05, 0.1) is 0 Å². The number of benzene rings is 1. The van der Waals surface area contributed by atoms with Crippen LogP contribution in [-0.2, 0) is 0 Å². The van der Waals surface area contributed by atoms with Crippen LogP contribution in [0.5, 0.6) is 0 Å². The molecule has 0 bridgehead atoms. The third-order valence-electron chi connectivity index (χ3n) is 1.86. The summed E-state index contributed by atoms with van der Waals surface area (Å²) in [5, 5.41) is -0.428. The van der Waals surface area contributed by atoms with Crippen molar-refractivity contribution >= 4 is 22.7 Å². The fourth-order valence-corrected chi connectivity index (χ4v) is 1.29. The minimum absolute atomic E-state index is 0.397. The number of halogens is 4. The molecule has 2 aromatic rings. The number of rotatable bonds is 0. The number of hydrogen-bond acceptors (Lipinski definition) is 2. The van der Waals surface area contributed by atoms with Crippen LogP contribution in [0, 0.1) is 24.4 Å². The minimum Gasteiger partial charge on any atom is -0.424 e. The van der Waals surface area contributed by atoms with E-state index in [1.54, 1.807) is 0 Å². The summed E-state index contributed by atoms with van der Waals surface area (Å²) < 4.78 is 43.9. The molecule has 0 aliphatic heterocycles. The predicted molar refractivity (Wildman–Crippen MR) is 43.6 cm³/mol. The molecule has 0 radical (unpaired) electrons. The summed E-state index contributed by atoms with van der Waals surface area (Å²) in [6.45, 7) is 1.11. The van der Waals surface area contributed by atoms with Crippen LogP contribution in [0.25, 0.3) is 11.1 Å². The summed E-state index contributed by atoms with van der Waals surface area (Å²) in [4.78, 5) is 3.39. The summed E-state index contributed by atoms with van der Waals surface area (Å²) in [5.41, 5.74) is -1.44. The number of aromatic nitrogens is 1. The lowest BCUT2D eigenvalue weighted by atomic mass is 10.2. The van der Waals surface area contributed by atoms with Gasteiger partial charge in [0.25, 0.3) is 5.35 Å². The fourth-order valence-electron chi connectivity index (χ4n) is 1.13. The highest BCUT2D eigenvalue weighted by molar-refractivity contribution is 6.28. The molecule has 0 aliphatic rings. The SMILES string of the molecule is Cc1c(F)c(F)c2oc(Cl)nc2c1F. The van der Waals surface area contributed by atoms with Crippen LogP contribution in [0.15, 0.2) is 4.42 Å². The molecule has 1 aromatic carbocycles. The van der Waals surface area contributed by atoms with E-state index in [2.05, 4.69) is 9.40 Å². The van der Waals surface area contributed by atoms with Crippen molar-refractivity contribution < 1.29 is 17.6 Å². The predicted octanol–water partition coefficient (Wildman–Crippen LogP) is 3.21. The van der Waals surface area contributed by atoms with E-state index in [4.69, 9.17) is 11.6 Å². The van der Waals surface area contributed by atoms with Gasteiger partial charge in [-0.25, -0.2) is 8.78 Å². The normalized spacial score (nSPS) is 11.2. The molecule has 0 unspecified atom stereocenters. The van der Waals surface area contributed by atoms with Gasteiger partial charge in [0.1, 0.15) is 5.52 Å². The van der Waals surface area contributed by atoms with Crippen molar-refractivity contribution in [2.75, 3.05) is 0 Å². The van der Waals surface area contributed by atoms with Crippen molar-refractivity contribution in [3.05, 3.63) is 28.4 Å². The molecule has 0 aliphatic carbocycles. The molecule has 1 heterocycles. The Morgan fingerprint density at radius 2 is 1.79 bits per heavy atom. The molecule has 6 heteroatoms. The molecule has 0 fully saturated rings. The quantitative estimate of drug-likeness (QED) is 0.639. The van der Waals surface area contributed by atoms with Crippen LogP contribution in [0.3, 0.4) is 0 Å². The Bertz CT molecular complexity index is 478. The first-order chi connectivity index (χ1) is 6.52. The Hall–Kier alpha value is -1.23. The third-order valence-corrected chi connectivity index (χ3v) is 2.02. The largest absolute Gasteiger partial charge is 0.424 e. The Labute approximate surface area is 81.3 Å². The van der Waals surface area contributed by atoms with Gasteiger partial charge in [-0.1, -0.05) is 0 Å². The summed E-state index contributed by atoms with van der Waals surface area (Å²) in [6, 6.07) is 0. The van der Waals surface area contributed by atoms with E-state index in [1.807, 2.05) is 0 Å². The molecule has 14 heavy (non-hydrogen) atoms. The first-order valence-corrected chi connectivity index (χ1v) is 3.99. The maximum atomic E-state index is 13.3. The summed E-state index contributed by atoms with van der Waals surface area (Å²) in [5.74, 6) is -3.53. The van der Waals surface area contributed by atoms with E-state index in [0.29, 0.717) is 0 Å². The monoisotopic (exact) mass is 221 g/mol. The summed E-state index contributed by atoms with van der Waals surface area (Å²) in [6.07, 6.45) is 0. The van der Waals surface area contributed by atoms with Gasteiger partial charge in [-0.3, -0.25) is 0 Å². The highest BCUT2D eigenvalue weighted by Gasteiger charge is 2.21. The van der Waals surface area contributed by atoms with Crippen molar-refractivity contribution in [2.45, 2.75) is 6.92 Å². The zero-order valence-corrected chi connectivity index (χ0v) is 7.62. The molecule has 0 saturated heterocycles. The van der Waals surface area contributed by atoms with Gasteiger partial charge in [-0.15, -0.1) is 0 Å². The van der Waals surface area contributed by atoms with E-state index in [9.17, 15) is 13.2 Å². The number of oxazole rings is 1. The van der Waals surface area contributed by atoms with Crippen molar-refractivity contribution in [2.24, 2.45) is 0 Å². The van der Waals surface area contributed by atoms with E-state index in [-0.39, 0.29) is 0 Å². The highest BCUT2D eigenvalue weighted by Crippen LogP contribution is 2.28. The van der Waals surface area contributed by atoms with Gasteiger partial charge >= 0.3 is 0 Å². The molecule has 0 saturated carbocycles. The van der Waals surface area contributed by atoms with Crippen LogP contribution in [0.1, 0.15) is 5.56 Å². The minimum atomic E-state index is -1.29. The highest BCUT2D eigenvalue weighted by atomic mass is 35.5. The van der Waals surface area contributed by atoms with Crippen LogP contribution in [0.4, 0.5) is 13.2 Å². The first-order valence-electron chi connectivity index (χ1n) is 3.61. The summed E-state index contributed by atoms with van der Waals surface area (Å²) in [7, 11) is 0.